The van der Waals surface area contributed by atoms with Crippen LogP contribution in [0.3, 0.4) is 0 Å². The zero-order chi connectivity index (χ0) is 19.9. The van der Waals surface area contributed by atoms with Gasteiger partial charge in [0.1, 0.15) is 11.5 Å². The maximum absolute atomic E-state index is 13.0. The van der Waals surface area contributed by atoms with Gasteiger partial charge in [-0.2, -0.15) is 0 Å². The lowest BCUT2D eigenvalue weighted by atomic mass is 10.2. The molecule has 1 aromatic carbocycles. The number of phenolic OH excluding ortho intramolecular Hbond substituents is 1. The first kappa shape index (κ1) is 20.0. The van der Waals surface area contributed by atoms with Crippen LogP contribution in [-0.2, 0) is 13.1 Å². The number of nitrogens with zero attached hydrogens (tertiary/aromatic N) is 2. The van der Waals surface area contributed by atoms with Crippen LogP contribution in [0.5, 0.6) is 5.75 Å². The van der Waals surface area contributed by atoms with Gasteiger partial charge >= 0.3 is 6.03 Å². The van der Waals surface area contributed by atoms with Gasteiger partial charge in [0, 0.05) is 17.0 Å². The van der Waals surface area contributed by atoms with Crippen molar-refractivity contribution < 1.29 is 14.3 Å². The molecule has 0 aliphatic carbocycles. The second-order valence-electron chi connectivity index (χ2n) is 6.75. The van der Waals surface area contributed by atoms with E-state index in [-0.39, 0.29) is 24.4 Å². The van der Waals surface area contributed by atoms with Crippen LogP contribution in [0.1, 0.15) is 22.2 Å². The Balaban J connectivity index is 1.71. The van der Waals surface area contributed by atoms with Crippen LogP contribution in [0, 0.1) is 0 Å². The molecule has 148 valence electrons. The zero-order valence-electron chi connectivity index (χ0n) is 16.0. The summed E-state index contributed by atoms with van der Waals surface area (Å²) in [5, 5.41) is 15.2. The Morgan fingerprint density at radius 2 is 1.96 bits per heavy atom. The number of phenols is 1. The van der Waals surface area contributed by atoms with Crippen LogP contribution in [-0.4, -0.2) is 41.6 Å². The topological polar surface area (TPSA) is 69.0 Å². The van der Waals surface area contributed by atoms with Crippen LogP contribution in [0.4, 0.5) is 4.79 Å². The number of carbonyl (C=O) groups is 1. The van der Waals surface area contributed by atoms with Crippen molar-refractivity contribution in [2.45, 2.75) is 19.1 Å². The van der Waals surface area contributed by atoms with E-state index in [9.17, 15) is 9.90 Å². The maximum atomic E-state index is 13.0. The summed E-state index contributed by atoms with van der Waals surface area (Å²) in [5.41, 5.74) is 0.687. The Kier molecular flexibility index (Phi) is 6.73. The van der Waals surface area contributed by atoms with Gasteiger partial charge in [-0.15, -0.1) is 11.3 Å². The van der Waals surface area contributed by atoms with Crippen molar-refractivity contribution in [1.82, 2.24) is 15.1 Å². The number of hydrogen-bond acceptors (Lipinski definition) is 5. The first-order chi connectivity index (χ1) is 13.5. The highest BCUT2D eigenvalue weighted by Gasteiger charge is 2.21. The molecular formula is C21H25N3O3S. The molecule has 0 radical (unpaired) electrons. The van der Waals surface area contributed by atoms with Crippen molar-refractivity contribution in [3.63, 3.8) is 0 Å². The fourth-order valence-corrected chi connectivity index (χ4v) is 3.88. The van der Waals surface area contributed by atoms with E-state index in [1.165, 1.54) is 4.88 Å². The number of para-hydroxylation sites is 1. The number of carbonyl (C=O) groups excluding carboxylic acids is 1. The molecule has 0 saturated carbocycles. The summed E-state index contributed by atoms with van der Waals surface area (Å²) < 4.78 is 5.41. The largest absolute Gasteiger partial charge is 0.508 e. The lowest BCUT2D eigenvalue weighted by Crippen LogP contribution is -2.42. The maximum Gasteiger partial charge on any atom is 0.318 e. The van der Waals surface area contributed by atoms with Gasteiger partial charge in [0.05, 0.1) is 25.4 Å². The number of amides is 2. The minimum Gasteiger partial charge on any atom is -0.508 e. The molecule has 1 atom stereocenters. The molecule has 6 nitrogen and oxygen atoms in total. The molecule has 1 unspecified atom stereocenters. The van der Waals surface area contributed by atoms with Gasteiger partial charge in [-0.3, -0.25) is 0 Å². The molecule has 3 aromatic rings. The van der Waals surface area contributed by atoms with Gasteiger partial charge in [-0.25, -0.2) is 4.79 Å². The highest BCUT2D eigenvalue weighted by molar-refractivity contribution is 7.10. The van der Waals surface area contributed by atoms with E-state index < -0.39 is 0 Å². The van der Waals surface area contributed by atoms with E-state index in [1.807, 2.05) is 43.7 Å². The third-order valence-electron chi connectivity index (χ3n) is 4.51. The number of thiophene rings is 1. The first-order valence-electron chi connectivity index (χ1n) is 9.06. The Hall–Kier alpha value is -2.77. The standard InChI is InChI=1S/C21H25N3O3S/c1-23(2)18(20-10-6-12-28-20)13-22-21(26)24(15-17-8-5-11-27-17)14-16-7-3-4-9-19(16)25/h3-12,18,25H,13-15H2,1-2H3,(H,22,26). The van der Waals surface area contributed by atoms with Crippen molar-refractivity contribution in [2.75, 3.05) is 20.6 Å². The average Bonchev–Trinajstić information content (AvgIpc) is 3.37. The lowest BCUT2D eigenvalue weighted by molar-refractivity contribution is 0.182. The Labute approximate surface area is 169 Å². The summed E-state index contributed by atoms with van der Waals surface area (Å²) in [5.74, 6) is 0.859. The van der Waals surface area contributed by atoms with Gasteiger partial charge in [0.2, 0.25) is 0 Å². The molecule has 0 aliphatic rings. The van der Waals surface area contributed by atoms with Crippen LogP contribution >= 0.6 is 11.3 Å². The molecule has 0 fully saturated rings. The average molecular weight is 400 g/mol. The van der Waals surface area contributed by atoms with Crippen molar-refractivity contribution in [2.24, 2.45) is 0 Å². The monoisotopic (exact) mass is 399 g/mol. The molecule has 0 spiro atoms. The van der Waals surface area contributed by atoms with Crippen molar-refractivity contribution in [3.8, 4) is 5.75 Å². The molecule has 2 aromatic heterocycles. The Morgan fingerprint density at radius 1 is 1.14 bits per heavy atom. The number of benzene rings is 1. The molecule has 2 heterocycles. The van der Waals surface area contributed by atoms with Gasteiger partial charge in [0.15, 0.2) is 0 Å². The molecule has 0 saturated heterocycles. The number of hydrogen-bond donors (Lipinski definition) is 2. The normalized spacial score (nSPS) is 12.1. The second kappa shape index (κ2) is 9.43. The highest BCUT2D eigenvalue weighted by atomic mass is 32.1. The zero-order valence-corrected chi connectivity index (χ0v) is 16.9. The van der Waals surface area contributed by atoms with Crippen molar-refractivity contribution in [1.29, 1.82) is 0 Å². The van der Waals surface area contributed by atoms with E-state index in [1.54, 1.807) is 40.7 Å². The van der Waals surface area contributed by atoms with Crippen LogP contribution in [0.2, 0.25) is 0 Å². The molecule has 2 N–H and O–H groups in total. The summed E-state index contributed by atoms with van der Waals surface area (Å²) in [6, 6.07) is 14.6. The molecule has 3 rings (SSSR count). The highest BCUT2D eigenvalue weighted by Crippen LogP contribution is 2.23. The number of furan rings is 1. The van der Waals surface area contributed by atoms with E-state index in [0.717, 1.165) is 0 Å². The van der Waals surface area contributed by atoms with Gasteiger partial charge < -0.3 is 24.6 Å². The van der Waals surface area contributed by atoms with Gasteiger partial charge in [0.25, 0.3) is 0 Å². The Bertz CT molecular complexity index is 863. The minimum absolute atomic E-state index is 0.0968. The quantitative estimate of drug-likeness (QED) is 0.599. The van der Waals surface area contributed by atoms with Crippen molar-refractivity contribution in [3.05, 3.63) is 76.4 Å². The molecule has 0 aliphatic heterocycles. The lowest BCUT2D eigenvalue weighted by Gasteiger charge is -2.27. The third-order valence-corrected chi connectivity index (χ3v) is 5.48. The number of urea groups is 1. The van der Waals surface area contributed by atoms with Crippen LogP contribution < -0.4 is 5.32 Å². The first-order valence-corrected chi connectivity index (χ1v) is 9.94. The fourth-order valence-electron chi connectivity index (χ4n) is 2.95. The predicted octanol–water partition coefficient (Wildman–Crippen LogP) is 4.06. The van der Waals surface area contributed by atoms with E-state index in [0.29, 0.717) is 24.4 Å². The van der Waals surface area contributed by atoms with E-state index >= 15 is 0 Å². The molecule has 0 bridgehead atoms. The summed E-state index contributed by atoms with van der Waals surface area (Å²) in [4.78, 5) is 17.9. The summed E-state index contributed by atoms with van der Waals surface area (Å²) in [6.07, 6.45) is 1.59. The molecule has 7 heteroatoms. The number of nitrogens with one attached hydrogen (secondary N) is 1. The number of rotatable bonds is 8. The second-order valence-corrected chi connectivity index (χ2v) is 7.72. The summed E-state index contributed by atoms with van der Waals surface area (Å²) in [6.45, 7) is 1.09. The number of aromatic hydroxyl groups is 1. The minimum atomic E-state index is -0.206. The van der Waals surface area contributed by atoms with Crippen molar-refractivity contribution >= 4 is 17.4 Å². The van der Waals surface area contributed by atoms with Gasteiger partial charge in [-0.05, 0) is 43.7 Å². The molecule has 2 amide bonds. The molecular weight excluding hydrogens is 374 g/mol. The Morgan fingerprint density at radius 3 is 2.61 bits per heavy atom. The summed E-state index contributed by atoms with van der Waals surface area (Å²) >= 11 is 1.67. The van der Waals surface area contributed by atoms with E-state index in [4.69, 9.17) is 4.42 Å². The predicted molar refractivity (Wildman–Crippen MR) is 110 cm³/mol. The summed E-state index contributed by atoms with van der Waals surface area (Å²) in [7, 11) is 4.00. The third kappa shape index (κ3) is 5.15. The van der Waals surface area contributed by atoms with Gasteiger partial charge in [-0.1, -0.05) is 24.3 Å². The van der Waals surface area contributed by atoms with E-state index in [2.05, 4.69) is 16.3 Å². The van der Waals surface area contributed by atoms with Crippen LogP contribution in [0.15, 0.2) is 64.6 Å². The smallest absolute Gasteiger partial charge is 0.318 e. The number of likely N-dealkylation sites (N-methyl/N-ethyl adjacent to an activating group) is 1. The van der Waals surface area contributed by atoms with Crippen LogP contribution in [0.25, 0.3) is 0 Å². The fraction of sp³-hybridized carbons (Fsp3) is 0.286. The SMILES string of the molecule is CN(C)C(CNC(=O)N(Cc1ccco1)Cc1ccccc1O)c1cccs1. The molecule has 28 heavy (non-hydrogen) atoms.